The summed E-state index contributed by atoms with van der Waals surface area (Å²) in [6, 6.07) is 17.7. The van der Waals surface area contributed by atoms with Gasteiger partial charge in [-0.3, -0.25) is 9.59 Å². The van der Waals surface area contributed by atoms with E-state index in [4.69, 9.17) is 11.6 Å². The summed E-state index contributed by atoms with van der Waals surface area (Å²) in [6.45, 7) is 4.35. The molecule has 0 spiro atoms. The van der Waals surface area contributed by atoms with E-state index in [1.54, 1.807) is 29.2 Å². The van der Waals surface area contributed by atoms with Gasteiger partial charge in [-0.15, -0.1) is 5.10 Å². The van der Waals surface area contributed by atoms with E-state index in [2.05, 4.69) is 20.8 Å². The van der Waals surface area contributed by atoms with Crippen molar-refractivity contribution in [3.05, 3.63) is 106 Å². The molecule has 11 heteroatoms. The highest BCUT2D eigenvalue weighted by molar-refractivity contribution is 6.30. The highest BCUT2D eigenvalue weighted by Gasteiger charge is 2.42. The maximum absolute atomic E-state index is 13.8. The minimum Gasteiger partial charge on any atom is -0.478 e. The van der Waals surface area contributed by atoms with Crippen molar-refractivity contribution in [2.24, 2.45) is 0 Å². The molecule has 0 aliphatic carbocycles. The largest absolute Gasteiger partial charge is 0.478 e. The third kappa shape index (κ3) is 5.34. The second-order valence-electron chi connectivity index (χ2n) is 10.0. The summed E-state index contributed by atoms with van der Waals surface area (Å²) in [5.74, 6) is -1.84. The Balaban J connectivity index is 1.49. The van der Waals surface area contributed by atoms with Crippen molar-refractivity contribution in [2.75, 3.05) is 11.9 Å². The molecule has 1 atom stereocenters. The van der Waals surface area contributed by atoms with Gasteiger partial charge >= 0.3 is 5.97 Å². The molecular weight excluding hydrogens is 532 g/mol. The summed E-state index contributed by atoms with van der Waals surface area (Å²) < 4.78 is 1.46. The minimum atomic E-state index is -1.06. The second kappa shape index (κ2) is 10.7. The number of aromatic nitrogens is 4. The summed E-state index contributed by atoms with van der Waals surface area (Å²) in [7, 11) is 0. The first-order chi connectivity index (χ1) is 19.1. The molecule has 10 nitrogen and oxygen atoms in total. The Morgan fingerprint density at radius 1 is 1.07 bits per heavy atom. The van der Waals surface area contributed by atoms with E-state index in [0.717, 1.165) is 11.1 Å². The van der Waals surface area contributed by atoms with Crippen LogP contribution >= 0.6 is 11.6 Å². The lowest BCUT2D eigenvalue weighted by Crippen LogP contribution is -2.50. The average molecular weight is 557 g/mol. The maximum atomic E-state index is 13.8. The SMILES string of the molecule is CC1(C)CN(C(=O)C=Cc2cc(Cl)ccc2-n2cnnn2)C(C(=O)Nc2ccc(C(=O)O)cc2)c2ccccc21. The standard InChI is InChI=1S/C29H25ClN6O4/c1-29(2)16-35(25(37)14-9-19-15-20(30)10-13-24(19)36-17-31-33-34-36)26(22-5-3-4-6-23(22)29)27(38)32-21-11-7-18(8-12-21)28(39)40/h3-15,17,26H,16H2,1-2H3,(H,32,38)(H,39,40). The smallest absolute Gasteiger partial charge is 0.335 e. The van der Waals surface area contributed by atoms with Crippen LogP contribution in [0.2, 0.25) is 5.02 Å². The van der Waals surface area contributed by atoms with Gasteiger partial charge in [0, 0.05) is 34.3 Å². The first-order valence-corrected chi connectivity index (χ1v) is 12.8. The van der Waals surface area contributed by atoms with Gasteiger partial charge in [0.2, 0.25) is 5.91 Å². The van der Waals surface area contributed by atoms with Crippen LogP contribution in [0.25, 0.3) is 11.8 Å². The predicted octanol–water partition coefficient (Wildman–Crippen LogP) is 4.53. The Hall–Kier alpha value is -4.83. The molecule has 0 saturated heterocycles. The number of nitrogens with zero attached hydrogens (tertiary/aromatic N) is 5. The molecule has 0 radical (unpaired) electrons. The summed E-state index contributed by atoms with van der Waals surface area (Å²) in [5.41, 5.74) is 3.04. The minimum absolute atomic E-state index is 0.103. The first kappa shape index (κ1) is 26.8. The van der Waals surface area contributed by atoms with E-state index in [0.29, 0.717) is 28.5 Å². The van der Waals surface area contributed by atoms with Gasteiger partial charge in [-0.25, -0.2) is 4.79 Å². The number of benzene rings is 3. The van der Waals surface area contributed by atoms with Gasteiger partial charge in [0.15, 0.2) is 0 Å². The van der Waals surface area contributed by atoms with Crippen LogP contribution in [0.5, 0.6) is 0 Å². The molecule has 1 aliphatic heterocycles. The summed E-state index contributed by atoms with van der Waals surface area (Å²) >= 11 is 6.23. The molecular formula is C29H25ClN6O4. The van der Waals surface area contributed by atoms with E-state index in [1.807, 2.05) is 38.1 Å². The van der Waals surface area contributed by atoms with Crippen LogP contribution in [0.1, 0.15) is 46.9 Å². The highest BCUT2D eigenvalue weighted by Crippen LogP contribution is 2.40. The number of nitrogens with one attached hydrogen (secondary N) is 1. The van der Waals surface area contributed by atoms with E-state index < -0.39 is 23.3 Å². The number of carbonyl (C=O) groups is 3. The van der Waals surface area contributed by atoms with Crippen molar-refractivity contribution in [2.45, 2.75) is 25.3 Å². The van der Waals surface area contributed by atoms with Crippen LogP contribution in [0.4, 0.5) is 5.69 Å². The second-order valence-corrected chi connectivity index (χ2v) is 10.4. The number of hydrogen-bond donors (Lipinski definition) is 2. The van der Waals surface area contributed by atoms with Crippen molar-refractivity contribution in [3.63, 3.8) is 0 Å². The van der Waals surface area contributed by atoms with Crippen molar-refractivity contribution in [1.29, 1.82) is 0 Å². The Bertz CT molecular complexity index is 1620. The average Bonchev–Trinajstić information content (AvgIpc) is 3.46. The molecule has 1 unspecified atom stereocenters. The fourth-order valence-corrected chi connectivity index (χ4v) is 5.09. The number of anilines is 1. The number of tetrazole rings is 1. The molecule has 3 aromatic carbocycles. The molecule has 40 heavy (non-hydrogen) atoms. The number of carboxylic acids is 1. The van der Waals surface area contributed by atoms with Gasteiger partial charge in [0.25, 0.3) is 5.91 Å². The van der Waals surface area contributed by atoms with Crippen LogP contribution in [0, 0.1) is 0 Å². The van der Waals surface area contributed by atoms with Gasteiger partial charge in [-0.05, 0) is 70.1 Å². The van der Waals surface area contributed by atoms with Crippen molar-refractivity contribution in [3.8, 4) is 5.69 Å². The number of aromatic carboxylic acids is 1. The maximum Gasteiger partial charge on any atom is 0.335 e. The monoisotopic (exact) mass is 556 g/mol. The molecule has 4 aromatic rings. The molecule has 0 fully saturated rings. The predicted molar refractivity (Wildman–Crippen MR) is 149 cm³/mol. The molecule has 5 rings (SSSR count). The van der Waals surface area contributed by atoms with Gasteiger partial charge < -0.3 is 15.3 Å². The van der Waals surface area contributed by atoms with Crippen molar-refractivity contribution in [1.82, 2.24) is 25.1 Å². The van der Waals surface area contributed by atoms with E-state index in [-0.39, 0.29) is 11.5 Å². The molecule has 1 aliphatic rings. The number of amides is 2. The van der Waals surface area contributed by atoms with E-state index in [1.165, 1.54) is 41.4 Å². The molecule has 1 aromatic heterocycles. The lowest BCUT2D eigenvalue weighted by molar-refractivity contribution is -0.136. The van der Waals surface area contributed by atoms with Crippen LogP contribution in [0.3, 0.4) is 0 Å². The number of fused-ring (bicyclic) bond motifs is 1. The Labute approximate surface area is 234 Å². The molecule has 202 valence electrons. The number of carboxylic acid groups (broad SMARTS) is 1. The number of carbonyl (C=O) groups excluding carboxylic acids is 2. The van der Waals surface area contributed by atoms with Crippen LogP contribution in [-0.4, -0.2) is 54.5 Å². The summed E-state index contributed by atoms with van der Waals surface area (Å²) in [5, 5.41) is 23.8. The molecule has 0 bridgehead atoms. The molecule has 2 amide bonds. The van der Waals surface area contributed by atoms with Gasteiger partial charge in [-0.2, -0.15) is 4.68 Å². The van der Waals surface area contributed by atoms with E-state index in [9.17, 15) is 19.5 Å². The van der Waals surface area contributed by atoms with Gasteiger partial charge in [0.05, 0.1) is 11.3 Å². The topological polar surface area (TPSA) is 130 Å². The summed E-state index contributed by atoms with van der Waals surface area (Å²) in [4.78, 5) is 40.2. The lowest BCUT2D eigenvalue weighted by Gasteiger charge is -2.44. The molecule has 2 heterocycles. The van der Waals surface area contributed by atoms with Gasteiger partial charge in [-0.1, -0.05) is 49.7 Å². The third-order valence-corrected chi connectivity index (χ3v) is 7.02. The fourth-order valence-electron chi connectivity index (χ4n) is 4.91. The van der Waals surface area contributed by atoms with Crippen molar-refractivity contribution < 1.29 is 19.5 Å². The normalized spacial score (nSPS) is 16.0. The lowest BCUT2D eigenvalue weighted by atomic mass is 9.75. The Kier molecular flexibility index (Phi) is 7.19. The molecule has 0 saturated carbocycles. The molecule has 2 N–H and O–H groups in total. The Morgan fingerprint density at radius 2 is 1.82 bits per heavy atom. The van der Waals surface area contributed by atoms with Crippen molar-refractivity contribution >= 4 is 41.1 Å². The quantitative estimate of drug-likeness (QED) is 0.334. The number of hydrogen-bond acceptors (Lipinski definition) is 6. The third-order valence-electron chi connectivity index (χ3n) is 6.78. The highest BCUT2D eigenvalue weighted by atomic mass is 35.5. The number of halogens is 1. The van der Waals surface area contributed by atoms with Gasteiger partial charge in [0.1, 0.15) is 12.4 Å². The first-order valence-electron chi connectivity index (χ1n) is 12.4. The number of rotatable bonds is 6. The zero-order chi connectivity index (χ0) is 28.4. The van der Waals surface area contributed by atoms with Crippen LogP contribution < -0.4 is 5.32 Å². The Morgan fingerprint density at radius 3 is 2.52 bits per heavy atom. The zero-order valence-corrected chi connectivity index (χ0v) is 22.4. The fraction of sp³-hybridized carbons (Fsp3) is 0.172. The summed E-state index contributed by atoms with van der Waals surface area (Å²) in [6.07, 6.45) is 4.47. The van der Waals surface area contributed by atoms with Crippen LogP contribution in [-0.2, 0) is 15.0 Å². The van der Waals surface area contributed by atoms with E-state index >= 15 is 0 Å². The zero-order valence-electron chi connectivity index (χ0n) is 21.7. The van der Waals surface area contributed by atoms with Crippen LogP contribution in [0.15, 0.2) is 79.1 Å².